The van der Waals surface area contributed by atoms with Gasteiger partial charge in [-0.25, -0.2) is 9.37 Å². The first kappa shape index (κ1) is 18.4. The molecule has 1 aromatic heterocycles. The summed E-state index contributed by atoms with van der Waals surface area (Å²) in [6, 6.07) is 3.58. The molecule has 0 radical (unpaired) electrons. The van der Waals surface area contributed by atoms with E-state index >= 15 is 0 Å². The molecule has 0 spiro atoms. The fourth-order valence-corrected chi connectivity index (χ4v) is 2.85. The van der Waals surface area contributed by atoms with Crippen LogP contribution in [0.3, 0.4) is 0 Å². The highest BCUT2D eigenvalue weighted by Gasteiger charge is 2.09. The number of fused-ring (bicyclic) bond motifs is 1. The van der Waals surface area contributed by atoms with Gasteiger partial charge in [0, 0.05) is 18.9 Å². The van der Waals surface area contributed by atoms with Gasteiger partial charge in [0.05, 0.1) is 22.1 Å². The topological polar surface area (TPSA) is 40.2 Å². The summed E-state index contributed by atoms with van der Waals surface area (Å²) in [5, 5.41) is 6.44. The van der Waals surface area contributed by atoms with Crippen LogP contribution in [-0.2, 0) is 0 Å². The van der Waals surface area contributed by atoms with Crippen molar-refractivity contribution >= 4 is 27.2 Å². The van der Waals surface area contributed by atoms with Crippen molar-refractivity contribution in [3.05, 3.63) is 48.0 Å². The Morgan fingerprint density at radius 2 is 2.29 bits per heavy atom. The molecular weight excluding hydrogens is 323 g/mol. The van der Waals surface area contributed by atoms with Gasteiger partial charge in [-0.05, 0) is 38.1 Å². The third-order valence-electron chi connectivity index (χ3n) is 3.83. The largest absolute Gasteiger partial charge is 0.365 e. The number of thiazole rings is 1. The van der Waals surface area contributed by atoms with Gasteiger partial charge in [-0.2, -0.15) is 0 Å². The average Bonchev–Trinajstić information content (AvgIpc) is 3.04. The molecule has 130 valence electrons. The van der Waals surface area contributed by atoms with Crippen LogP contribution >= 0.6 is 11.3 Å². The molecule has 24 heavy (non-hydrogen) atoms. The van der Waals surface area contributed by atoms with Crippen molar-refractivity contribution in [1.82, 2.24) is 15.2 Å². The van der Waals surface area contributed by atoms with Crippen LogP contribution in [0, 0.1) is 5.82 Å². The van der Waals surface area contributed by atoms with Crippen LogP contribution < -0.4 is 10.6 Å². The van der Waals surface area contributed by atoms with Gasteiger partial charge in [-0.1, -0.05) is 19.9 Å². The number of nitrogens with one attached hydrogen (secondary N) is 2. The zero-order valence-corrected chi connectivity index (χ0v) is 15.3. The normalized spacial score (nSPS) is 12.7. The van der Waals surface area contributed by atoms with Crippen LogP contribution in [0.5, 0.6) is 0 Å². The highest BCUT2D eigenvalue weighted by Crippen LogP contribution is 2.26. The Labute approximate surface area is 147 Å². The first-order valence-corrected chi connectivity index (χ1v) is 9.02. The maximum Gasteiger partial charge on any atom is 0.173 e. The lowest BCUT2D eigenvalue weighted by Crippen LogP contribution is -2.38. The van der Waals surface area contributed by atoms with Crippen molar-refractivity contribution < 1.29 is 4.39 Å². The molecule has 0 fully saturated rings. The lowest BCUT2D eigenvalue weighted by molar-refractivity contribution is 0.296. The number of hydrogen-bond donors (Lipinski definition) is 2. The Bertz CT molecular complexity index is 710. The molecule has 1 atom stereocenters. The molecular formula is C18H25FN4S. The summed E-state index contributed by atoms with van der Waals surface area (Å²) in [7, 11) is 2.00. The second-order valence-corrected chi connectivity index (χ2v) is 6.63. The first-order valence-electron chi connectivity index (χ1n) is 8.14. The van der Waals surface area contributed by atoms with Crippen LogP contribution in [-0.4, -0.2) is 29.6 Å². The van der Waals surface area contributed by atoms with Gasteiger partial charge >= 0.3 is 0 Å². The molecule has 0 bridgehead atoms. The van der Waals surface area contributed by atoms with E-state index in [0.29, 0.717) is 16.9 Å². The van der Waals surface area contributed by atoms with Gasteiger partial charge in [0.25, 0.3) is 0 Å². The highest BCUT2D eigenvalue weighted by atomic mass is 32.1. The molecule has 0 saturated carbocycles. The van der Waals surface area contributed by atoms with Crippen molar-refractivity contribution in [3.8, 4) is 0 Å². The van der Waals surface area contributed by atoms with Crippen LogP contribution in [0.4, 0.5) is 10.1 Å². The average molecular weight is 348 g/mol. The van der Waals surface area contributed by atoms with E-state index in [4.69, 9.17) is 0 Å². The zero-order chi connectivity index (χ0) is 17.5. The summed E-state index contributed by atoms with van der Waals surface area (Å²) in [5.74, 6) is -0.341. The van der Waals surface area contributed by atoms with Crippen LogP contribution in [0.15, 0.2) is 42.2 Å². The van der Waals surface area contributed by atoms with E-state index in [-0.39, 0.29) is 12.0 Å². The summed E-state index contributed by atoms with van der Waals surface area (Å²) in [4.78, 5) is 6.12. The van der Waals surface area contributed by atoms with Crippen LogP contribution in [0.2, 0.25) is 0 Å². The molecule has 6 heteroatoms. The molecule has 2 N–H and O–H groups in total. The standard InChI is InChI=1S/C18H25FN4S/c1-5-6-10-20-14(3)23(4)11-9-13(2)22-15-7-8-16-18(17(15)19)21-12-24-16/h7-9,11-12,14,20,22H,2,5-6,10H2,1,3-4H3/b11-9-. The predicted octanol–water partition coefficient (Wildman–Crippen LogP) is 4.54. The minimum Gasteiger partial charge on any atom is -0.365 e. The molecule has 0 aliphatic heterocycles. The number of benzene rings is 1. The van der Waals surface area contributed by atoms with Crippen molar-refractivity contribution in [2.75, 3.05) is 18.9 Å². The first-order chi connectivity index (χ1) is 11.5. The monoisotopic (exact) mass is 348 g/mol. The predicted molar refractivity (Wildman–Crippen MR) is 102 cm³/mol. The number of hydrogen-bond acceptors (Lipinski definition) is 5. The van der Waals surface area contributed by atoms with E-state index in [2.05, 4.69) is 40.9 Å². The van der Waals surface area contributed by atoms with Gasteiger partial charge in [-0.15, -0.1) is 11.3 Å². The van der Waals surface area contributed by atoms with Crippen molar-refractivity contribution in [1.29, 1.82) is 0 Å². The molecule has 2 aromatic rings. The van der Waals surface area contributed by atoms with Gasteiger partial charge in [0.15, 0.2) is 5.82 Å². The molecule has 1 unspecified atom stereocenters. The number of unbranched alkanes of at least 4 members (excludes halogenated alkanes) is 1. The quantitative estimate of drug-likeness (QED) is 0.396. The summed E-state index contributed by atoms with van der Waals surface area (Å²) in [5.41, 5.74) is 3.05. The van der Waals surface area contributed by atoms with E-state index in [9.17, 15) is 4.39 Å². The number of aromatic nitrogens is 1. The molecule has 0 amide bonds. The lowest BCUT2D eigenvalue weighted by atomic mass is 10.2. The Balaban J connectivity index is 1.92. The molecule has 0 saturated heterocycles. The summed E-state index contributed by atoms with van der Waals surface area (Å²) in [6.07, 6.45) is 6.33. The van der Waals surface area contributed by atoms with Gasteiger partial charge in [-0.3, -0.25) is 5.32 Å². The second kappa shape index (κ2) is 8.80. The number of halogens is 1. The SMILES string of the molecule is C=C(/C=C\N(C)C(C)NCCCC)Nc1ccc2scnc2c1F. The van der Waals surface area contributed by atoms with Crippen molar-refractivity contribution in [2.24, 2.45) is 0 Å². The third kappa shape index (κ3) is 4.79. The highest BCUT2D eigenvalue weighted by molar-refractivity contribution is 7.16. The molecule has 1 heterocycles. The second-order valence-electron chi connectivity index (χ2n) is 5.74. The Kier molecular flexibility index (Phi) is 6.75. The van der Waals surface area contributed by atoms with Crippen molar-refractivity contribution in [2.45, 2.75) is 32.9 Å². The Morgan fingerprint density at radius 1 is 1.50 bits per heavy atom. The van der Waals surface area contributed by atoms with E-state index in [0.717, 1.165) is 17.7 Å². The summed E-state index contributed by atoms with van der Waals surface area (Å²) in [6.45, 7) is 9.21. The van der Waals surface area contributed by atoms with Crippen molar-refractivity contribution in [3.63, 3.8) is 0 Å². The summed E-state index contributed by atoms with van der Waals surface area (Å²) >= 11 is 1.43. The Morgan fingerprint density at radius 3 is 3.04 bits per heavy atom. The molecule has 4 nitrogen and oxygen atoms in total. The van der Waals surface area contributed by atoms with Gasteiger partial charge in [0.2, 0.25) is 0 Å². The molecule has 0 aliphatic rings. The van der Waals surface area contributed by atoms with Gasteiger partial charge in [0.1, 0.15) is 5.52 Å². The molecule has 0 aliphatic carbocycles. The van der Waals surface area contributed by atoms with Gasteiger partial charge < -0.3 is 10.2 Å². The van der Waals surface area contributed by atoms with E-state index < -0.39 is 0 Å². The van der Waals surface area contributed by atoms with E-state index in [1.54, 1.807) is 11.6 Å². The third-order valence-corrected chi connectivity index (χ3v) is 4.62. The number of anilines is 1. The fourth-order valence-electron chi connectivity index (χ4n) is 2.18. The maximum absolute atomic E-state index is 14.4. The van der Waals surface area contributed by atoms with Crippen LogP contribution in [0.1, 0.15) is 26.7 Å². The maximum atomic E-state index is 14.4. The smallest absolute Gasteiger partial charge is 0.173 e. The fraction of sp³-hybridized carbons (Fsp3) is 0.389. The minimum atomic E-state index is -0.341. The van der Waals surface area contributed by atoms with E-state index in [1.165, 1.54) is 17.8 Å². The van der Waals surface area contributed by atoms with E-state index in [1.807, 2.05) is 25.4 Å². The number of nitrogens with zero attached hydrogens (tertiary/aromatic N) is 2. The number of allylic oxidation sites excluding steroid dienone is 1. The zero-order valence-electron chi connectivity index (χ0n) is 14.5. The Hall–Kier alpha value is -1.92. The number of rotatable bonds is 9. The summed E-state index contributed by atoms with van der Waals surface area (Å²) < 4.78 is 15.2. The van der Waals surface area contributed by atoms with Crippen LogP contribution in [0.25, 0.3) is 10.2 Å². The molecule has 2 rings (SSSR count). The minimum absolute atomic E-state index is 0.226. The molecule has 1 aromatic carbocycles. The lowest BCUT2D eigenvalue weighted by Gasteiger charge is -2.24.